The zero-order valence-electron chi connectivity index (χ0n) is 34.1. The lowest BCUT2D eigenvalue weighted by Gasteiger charge is -2.18. The summed E-state index contributed by atoms with van der Waals surface area (Å²) in [6.07, 6.45) is 0. The quantitative estimate of drug-likeness (QED) is 0.0368. The summed E-state index contributed by atoms with van der Waals surface area (Å²) in [6.45, 7) is 13.8. The molecule has 0 aliphatic carbocycles. The molecule has 0 aromatic rings. The van der Waals surface area contributed by atoms with E-state index in [4.69, 9.17) is 87.6 Å². The Morgan fingerprint density at radius 2 is 0.397 bits per heavy atom. The Balaban J connectivity index is 3.98. The van der Waals surface area contributed by atoms with Crippen LogP contribution in [0.15, 0.2) is 15.3 Å². The largest absolute Gasteiger partial charge is 0.379 e. The molecule has 0 saturated carbocycles. The first-order valence-electron chi connectivity index (χ1n) is 19.5. The fraction of sp³-hybridized carbons (Fsp3) is 1.00. The van der Waals surface area contributed by atoms with E-state index in [2.05, 4.69) is 30.1 Å². The van der Waals surface area contributed by atoms with Crippen molar-refractivity contribution in [3.63, 3.8) is 0 Å². The highest BCUT2D eigenvalue weighted by molar-refractivity contribution is 4.57. The molecule has 0 N–H and O–H groups in total. The normalized spacial score (nSPS) is 11.6. The molecule has 0 fully saturated rings. The van der Waals surface area contributed by atoms with Crippen molar-refractivity contribution < 1.29 is 71.1 Å². The molecule has 0 saturated heterocycles. The van der Waals surface area contributed by atoms with E-state index in [0.717, 1.165) is 0 Å². The number of hydrogen-bond donors (Lipinski definition) is 0. The van der Waals surface area contributed by atoms with Gasteiger partial charge in [-0.1, -0.05) is 15.3 Å². The molecule has 0 atom stereocenters. The van der Waals surface area contributed by atoms with Gasteiger partial charge >= 0.3 is 0 Å². The second kappa shape index (κ2) is 52.3. The summed E-state index contributed by atoms with van der Waals surface area (Å²) in [5.74, 6) is -0.000593. The molecule has 0 radical (unpaired) electrons. The molecule has 0 aromatic carbocycles. The Morgan fingerprint density at radius 3 is 0.569 bits per heavy atom. The molecule has 58 heavy (non-hydrogen) atoms. The lowest BCUT2D eigenvalue weighted by atomic mass is 10.2. The molecular formula is C34H67N9O15. The molecule has 24 heteroatoms. The van der Waals surface area contributed by atoms with Gasteiger partial charge in [-0.25, -0.2) is 0 Å². The van der Waals surface area contributed by atoms with Crippen LogP contribution in [0.1, 0.15) is 0 Å². The minimum Gasteiger partial charge on any atom is -0.379 e. The van der Waals surface area contributed by atoms with E-state index in [0.29, 0.717) is 218 Å². The van der Waals surface area contributed by atoms with Crippen molar-refractivity contribution in [3.8, 4) is 0 Å². The number of hydrogen-bond acceptors (Lipinski definition) is 18. The van der Waals surface area contributed by atoms with Gasteiger partial charge in [0.1, 0.15) is 0 Å². The summed E-state index contributed by atoms with van der Waals surface area (Å²) in [5, 5.41) is 10.2. The zero-order valence-corrected chi connectivity index (χ0v) is 34.1. The van der Waals surface area contributed by atoms with Gasteiger partial charge in [0.15, 0.2) is 0 Å². The van der Waals surface area contributed by atoms with Crippen LogP contribution in [0.4, 0.5) is 0 Å². The lowest BCUT2D eigenvalue weighted by molar-refractivity contribution is -0.0475. The van der Waals surface area contributed by atoms with Crippen molar-refractivity contribution in [1.82, 2.24) is 0 Å². The summed E-state index contributed by atoms with van der Waals surface area (Å²) in [7, 11) is 0. The number of azide groups is 3. The first kappa shape index (κ1) is 55.3. The van der Waals surface area contributed by atoms with Crippen LogP contribution < -0.4 is 0 Å². The summed E-state index contributed by atoms with van der Waals surface area (Å²) >= 11 is 0. The van der Waals surface area contributed by atoms with Crippen LogP contribution in [0.3, 0.4) is 0 Å². The Labute approximate surface area is 341 Å². The minimum absolute atomic E-state index is 0.000593. The first-order chi connectivity index (χ1) is 28.8. The monoisotopic (exact) mass is 841 g/mol. The van der Waals surface area contributed by atoms with E-state index in [1.165, 1.54) is 0 Å². The maximum atomic E-state index is 8.21. The topological polar surface area (TPSA) is 285 Å². The van der Waals surface area contributed by atoms with Crippen molar-refractivity contribution in [3.05, 3.63) is 31.3 Å². The van der Waals surface area contributed by atoms with Crippen LogP contribution in [-0.2, 0) is 71.1 Å². The third-order valence-electron chi connectivity index (χ3n) is 6.72. The molecular weight excluding hydrogens is 774 g/mol. The van der Waals surface area contributed by atoms with Gasteiger partial charge in [-0.3, -0.25) is 0 Å². The highest BCUT2D eigenvalue weighted by Crippen LogP contribution is 2.02. The van der Waals surface area contributed by atoms with Gasteiger partial charge in [0.05, 0.1) is 198 Å². The van der Waals surface area contributed by atoms with Crippen LogP contribution in [0.5, 0.6) is 0 Å². The fourth-order valence-corrected chi connectivity index (χ4v) is 3.98. The summed E-state index contributed by atoms with van der Waals surface area (Å²) in [5.41, 5.74) is 24.6. The van der Waals surface area contributed by atoms with Gasteiger partial charge in [0.2, 0.25) is 0 Å². The summed E-state index contributed by atoms with van der Waals surface area (Å²) < 4.78 is 82.8. The molecule has 0 aliphatic heterocycles. The van der Waals surface area contributed by atoms with E-state index >= 15 is 0 Å². The van der Waals surface area contributed by atoms with E-state index < -0.39 is 0 Å². The molecule has 0 rings (SSSR count). The zero-order chi connectivity index (χ0) is 41.8. The van der Waals surface area contributed by atoms with Crippen molar-refractivity contribution in [2.75, 3.05) is 218 Å². The average Bonchev–Trinajstić information content (AvgIpc) is 3.23. The molecule has 0 amide bonds. The number of rotatable bonds is 51. The molecule has 0 spiro atoms. The molecule has 0 bridgehead atoms. The minimum atomic E-state index is -0.000593. The average molecular weight is 842 g/mol. The van der Waals surface area contributed by atoms with Gasteiger partial charge in [-0.15, -0.1) is 0 Å². The van der Waals surface area contributed by atoms with Gasteiger partial charge in [-0.2, -0.15) is 0 Å². The highest BCUT2D eigenvalue weighted by atomic mass is 16.6. The van der Waals surface area contributed by atoms with E-state index in [9.17, 15) is 0 Å². The van der Waals surface area contributed by atoms with Crippen molar-refractivity contribution >= 4 is 0 Å². The van der Waals surface area contributed by atoms with Gasteiger partial charge in [0.25, 0.3) is 0 Å². The van der Waals surface area contributed by atoms with Crippen molar-refractivity contribution in [2.45, 2.75) is 0 Å². The van der Waals surface area contributed by atoms with Crippen molar-refractivity contribution in [2.24, 2.45) is 21.3 Å². The van der Waals surface area contributed by atoms with Crippen LogP contribution >= 0.6 is 0 Å². The fourth-order valence-electron chi connectivity index (χ4n) is 3.98. The van der Waals surface area contributed by atoms with Crippen LogP contribution in [-0.4, -0.2) is 218 Å². The molecule has 24 nitrogen and oxygen atoms in total. The van der Waals surface area contributed by atoms with Gasteiger partial charge in [0, 0.05) is 40.3 Å². The number of nitrogens with zero attached hydrogens (tertiary/aromatic N) is 9. The van der Waals surface area contributed by atoms with Gasteiger partial charge < -0.3 is 71.1 Å². The highest BCUT2D eigenvalue weighted by Gasteiger charge is 2.11. The standard InChI is InChI=1S/C34H67N9O15/c35-41-38-1-4-44-7-10-47-13-16-50-19-22-53-25-28-56-31-34(32-57-29-26-54-23-20-51-17-14-48-11-8-45-5-2-39-42-36)33-58-30-27-55-24-21-52-18-15-49-12-9-46-6-3-40-43-37/h34H,1-33H2. The van der Waals surface area contributed by atoms with Crippen LogP contribution in [0.2, 0.25) is 0 Å². The van der Waals surface area contributed by atoms with Crippen LogP contribution in [0, 0.1) is 5.92 Å². The maximum absolute atomic E-state index is 8.21. The number of ether oxygens (including phenoxy) is 15. The second-order valence-corrected chi connectivity index (χ2v) is 11.3. The predicted octanol–water partition coefficient (Wildman–Crippen LogP) is 2.78. The SMILES string of the molecule is [N-]=[N+]=NCCOCCOCCOCCOCCOCC(COCCOCCOCCOCCOCCN=[N+]=[N-])COCCOCCOCCOCCOCCN=[N+]=[N-]. The second-order valence-electron chi connectivity index (χ2n) is 11.3. The molecule has 0 unspecified atom stereocenters. The Hall–Kier alpha value is -2.67. The van der Waals surface area contributed by atoms with E-state index in [-0.39, 0.29) is 5.92 Å². The third-order valence-corrected chi connectivity index (χ3v) is 6.72. The first-order valence-corrected chi connectivity index (χ1v) is 19.5. The molecule has 0 heterocycles. The van der Waals surface area contributed by atoms with Crippen molar-refractivity contribution in [1.29, 1.82) is 0 Å². The Kier molecular flexibility index (Phi) is 49.9. The van der Waals surface area contributed by atoms with E-state index in [1.54, 1.807) is 0 Å². The Bertz CT molecular complexity index is 865. The van der Waals surface area contributed by atoms with Gasteiger partial charge in [-0.05, 0) is 16.6 Å². The predicted molar refractivity (Wildman–Crippen MR) is 208 cm³/mol. The Morgan fingerprint density at radius 1 is 0.241 bits per heavy atom. The maximum Gasteiger partial charge on any atom is 0.0701 e. The van der Waals surface area contributed by atoms with E-state index in [1.807, 2.05) is 0 Å². The van der Waals surface area contributed by atoms with Crippen LogP contribution in [0.25, 0.3) is 31.3 Å². The molecule has 338 valence electrons. The lowest BCUT2D eigenvalue weighted by Crippen LogP contribution is -2.25. The summed E-state index contributed by atoms with van der Waals surface area (Å²) in [6, 6.07) is 0. The smallest absolute Gasteiger partial charge is 0.0701 e. The summed E-state index contributed by atoms with van der Waals surface area (Å²) in [4.78, 5) is 7.97. The molecule has 0 aromatic heterocycles. The molecule has 0 aliphatic rings. The third kappa shape index (κ3) is 49.5.